The highest BCUT2D eigenvalue weighted by molar-refractivity contribution is 5.70. The van der Waals surface area contributed by atoms with Crippen molar-refractivity contribution in [2.24, 2.45) is 0 Å². The van der Waals surface area contributed by atoms with Crippen molar-refractivity contribution in [3.05, 3.63) is 47.5 Å². The number of aryl methyl sites for hydroxylation is 2. The van der Waals surface area contributed by atoms with E-state index in [0.717, 1.165) is 55.4 Å². The molecule has 2 unspecified atom stereocenters. The van der Waals surface area contributed by atoms with E-state index in [1.54, 1.807) is 12.1 Å². The predicted molar refractivity (Wildman–Crippen MR) is 213 cm³/mol. The van der Waals surface area contributed by atoms with Gasteiger partial charge in [0.2, 0.25) is 24.8 Å². The van der Waals surface area contributed by atoms with E-state index in [9.17, 15) is 48.6 Å². The molecule has 356 valence electrons. The second-order valence-electron chi connectivity index (χ2n) is 14.8. The normalized spacial score (nSPS) is 24.8. The summed E-state index contributed by atoms with van der Waals surface area (Å²) in [5.41, 5.74) is 0.948. The van der Waals surface area contributed by atoms with Crippen LogP contribution in [0.1, 0.15) is 72.9 Å². The second kappa shape index (κ2) is 23.3. The summed E-state index contributed by atoms with van der Waals surface area (Å²) in [4.78, 5) is 96.1. The van der Waals surface area contributed by atoms with E-state index in [0.29, 0.717) is 30.4 Å². The zero-order valence-electron chi connectivity index (χ0n) is 36.8. The molecule has 65 heavy (non-hydrogen) atoms. The highest BCUT2D eigenvalue weighted by Gasteiger charge is 2.55. The number of benzene rings is 2. The smallest absolute Gasteiger partial charge is 0.303 e. The van der Waals surface area contributed by atoms with Gasteiger partial charge in [-0.05, 0) is 42.5 Å². The maximum atomic E-state index is 12.2. The molecule has 0 radical (unpaired) electrons. The lowest BCUT2D eigenvalue weighted by atomic mass is 9.98. The maximum Gasteiger partial charge on any atom is 0.303 e. The van der Waals surface area contributed by atoms with E-state index in [2.05, 4.69) is 0 Å². The average molecular weight is 921 g/mol. The molecule has 2 aliphatic heterocycles. The Morgan fingerprint density at radius 2 is 0.754 bits per heavy atom. The number of phenols is 2. The minimum absolute atomic E-state index is 0.0250. The number of ether oxygens (including phenoxy) is 12. The summed E-state index contributed by atoms with van der Waals surface area (Å²) in [7, 11) is 0. The lowest BCUT2D eigenvalue weighted by Gasteiger charge is -2.43. The third-order valence-electron chi connectivity index (χ3n) is 9.41. The predicted octanol–water partition coefficient (Wildman–Crippen LogP) is 2.20. The number of hydrogen-bond acceptors (Lipinski definition) is 22. The van der Waals surface area contributed by atoms with E-state index in [-0.39, 0.29) is 23.0 Å². The Hall–Kier alpha value is -6.68. The molecule has 2 fully saturated rings. The van der Waals surface area contributed by atoms with Crippen LogP contribution in [0, 0.1) is 0 Å². The molecule has 0 bridgehead atoms. The molecular weight excluding hydrogens is 868 g/mol. The first-order chi connectivity index (χ1) is 30.6. The van der Waals surface area contributed by atoms with Crippen LogP contribution in [0.25, 0.3) is 0 Å². The first-order valence-corrected chi connectivity index (χ1v) is 20.2. The second-order valence-corrected chi connectivity index (χ2v) is 14.8. The maximum absolute atomic E-state index is 12.2. The van der Waals surface area contributed by atoms with Crippen molar-refractivity contribution in [2.45, 2.75) is 136 Å². The number of aromatic hydroxyl groups is 2. The Kier molecular flexibility index (Phi) is 18.3. The molecule has 0 aromatic heterocycles. The molecule has 10 atom stereocenters. The molecule has 22 heteroatoms. The topological polar surface area (TPSA) is 288 Å². The molecule has 22 nitrogen and oxygen atoms in total. The van der Waals surface area contributed by atoms with Gasteiger partial charge in [0, 0.05) is 67.5 Å². The van der Waals surface area contributed by atoms with E-state index >= 15 is 0 Å². The molecule has 0 spiro atoms. The molecule has 2 aromatic rings. The van der Waals surface area contributed by atoms with Gasteiger partial charge in [-0.25, -0.2) is 0 Å². The van der Waals surface area contributed by atoms with E-state index in [1.807, 2.05) is 0 Å². The summed E-state index contributed by atoms with van der Waals surface area (Å²) in [6, 6.07) is 8.61. The van der Waals surface area contributed by atoms with Crippen LogP contribution in [0.2, 0.25) is 0 Å². The fourth-order valence-electron chi connectivity index (χ4n) is 6.96. The Morgan fingerprint density at radius 1 is 0.446 bits per heavy atom. The fourth-order valence-corrected chi connectivity index (χ4v) is 6.96. The Balaban J connectivity index is 1.48. The molecule has 0 aliphatic carbocycles. The van der Waals surface area contributed by atoms with Gasteiger partial charge in [0.05, 0.1) is 0 Å². The van der Waals surface area contributed by atoms with Crippen molar-refractivity contribution >= 4 is 47.8 Å². The van der Waals surface area contributed by atoms with E-state index in [4.69, 9.17) is 56.8 Å². The van der Waals surface area contributed by atoms with Crippen LogP contribution in [0.5, 0.6) is 23.0 Å². The van der Waals surface area contributed by atoms with Crippen LogP contribution in [0.15, 0.2) is 36.4 Å². The van der Waals surface area contributed by atoms with Gasteiger partial charge in [-0.2, -0.15) is 0 Å². The van der Waals surface area contributed by atoms with Crippen LogP contribution in [0.4, 0.5) is 0 Å². The largest absolute Gasteiger partial charge is 0.508 e. The van der Waals surface area contributed by atoms with Crippen molar-refractivity contribution in [2.75, 3.05) is 13.2 Å². The van der Waals surface area contributed by atoms with Crippen molar-refractivity contribution in [3.63, 3.8) is 0 Å². The molecule has 2 saturated heterocycles. The van der Waals surface area contributed by atoms with Crippen molar-refractivity contribution in [1.82, 2.24) is 0 Å². The zero-order valence-corrected chi connectivity index (χ0v) is 36.8. The SMILES string of the molecule is CC(=O)OC[C@H]1OC(Oc2ccc(CCCc3ccc(OC4O[C@H](COC(C)=O)[C@@H](OC(C)=O)[C@H](OC(C)=O)[C@H]4OC(C)=O)cc3O)c(O)c2)[C@H](OC(C)=O)[C@@H](OC(C)=O)[C@@H]1OC(C)=O. The summed E-state index contributed by atoms with van der Waals surface area (Å²) < 4.78 is 66.5. The minimum Gasteiger partial charge on any atom is -0.508 e. The van der Waals surface area contributed by atoms with Gasteiger partial charge < -0.3 is 67.1 Å². The van der Waals surface area contributed by atoms with Gasteiger partial charge in [0.25, 0.3) is 0 Å². The van der Waals surface area contributed by atoms with Crippen molar-refractivity contribution < 1.29 is 105 Å². The molecule has 2 aromatic carbocycles. The molecule has 0 saturated carbocycles. The first kappa shape index (κ1) is 51.0. The molecule has 4 rings (SSSR count). The Labute approximate surface area is 372 Å². The lowest BCUT2D eigenvalue weighted by molar-refractivity contribution is -0.288. The first-order valence-electron chi connectivity index (χ1n) is 20.2. The van der Waals surface area contributed by atoms with Gasteiger partial charge in [-0.3, -0.25) is 38.4 Å². The summed E-state index contributed by atoms with van der Waals surface area (Å²) in [5.74, 6) is -6.61. The highest BCUT2D eigenvalue weighted by Crippen LogP contribution is 2.35. The molecule has 2 aliphatic rings. The van der Waals surface area contributed by atoms with Gasteiger partial charge >= 0.3 is 47.8 Å². The Bertz CT molecular complexity index is 1920. The van der Waals surface area contributed by atoms with E-state index in [1.165, 1.54) is 24.3 Å². The number of phenolic OH excluding ortho intramolecular Hbond substituents is 2. The molecule has 2 N–H and O–H groups in total. The average Bonchev–Trinajstić information content (AvgIpc) is 3.18. The molecular formula is C43H52O22. The van der Waals surface area contributed by atoms with Crippen LogP contribution in [-0.4, -0.2) is 133 Å². The van der Waals surface area contributed by atoms with Crippen LogP contribution >= 0.6 is 0 Å². The molecule has 2 heterocycles. The Morgan fingerprint density at radius 3 is 1.05 bits per heavy atom. The summed E-state index contributed by atoms with van der Waals surface area (Å²) in [5, 5.41) is 22.0. The summed E-state index contributed by atoms with van der Waals surface area (Å²) in [6.07, 6.45) is -13.2. The van der Waals surface area contributed by atoms with Gasteiger partial charge in [-0.15, -0.1) is 0 Å². The van der Waals surface area contributed by atoms with Gasteiger partial charge in [0.15, 0.2) is 24.4 Å². The quantitative estimate of drug-likeness (QED) is 0.160. The van der Waals surface area contributed by atoms with Crippen LogP contribution in [-0.2, 0) is 98.6 Å². The fraction of sp³-hybridized carbons (Fsp3) is 0.535. The van der Waals surface area contributed by atoms with Crippen molar-refractivity contribution in [3.8, 4) is 23.0 Å². The number of esters is 8. The lowest BCUT2D eigenvalue weighted by Crippen LogP contribution is -2.63. The third-order valence-corrected chi connectivity index (χ3v) is 9.41. The van der Waals surface area contributed by atoms with Crippen LogP contribution < -0.4 is 9.47 Å². The number of carbonyl (C=O) groups excluding carboxylic acids is 8. The molecule has 0 amide bonds. The van der Waals surface area contributed by atoms with Crippen molar-refractivity contribution in [1.29, 1.82) is 0 Å². The number of rotatable bonds is 18. The van der Waals surface area contributed by atoms with E-state index < -0.39 is 122 Å². The van der Waals surface area contributed by atoms with Crippen LogP contribution in [0.3, 0.4) is 0 Å². The monoisotopic (exact) mass is 920 g/mol. The number of hydrogen-bond donors (Lipinski definition) is 2. The zero-order chi connectivity index (χ0) is 48.1. The third kappa shape index (κ3) is 15.2. The standard InChI is InChI=1S/C43H52O22/c1-20(44)54-18-34-36(56-22(3)46)38(58-24(5)48)40(60-26(7)50)42(64-34)62-30-14-12-28(32(52)16-30)10-9-11-29-13-15-31(17-33(29)53)63-43-41(61-27(8)51)39(59-25(6)49)37(57-23(4)47)35(65-43)19-55-21(2)45/h12-17,34-43,52-53H,9-11,18-19H2,1-8H3/t34-,35-,36-,37-,38+,39+,40-,41-,42?,43?/m1/s1. The summed E-state index contributed by atoms with van der Waals surface area (Å²) in [6.45, 7) is 7.88. The minimum atomic E-state index is -1.52. The number of carbonyl (C=O) groups is 8. The highest BCUT2D eigenvalue weighted by atomic mass is 16.7. The van der Waals surface area contributed by atoms with Gasteiger partial charge in [-0.1, -0.05) is 12.1 Å². The summed E-state index contributed by atoms with van der Waals surface area (Å²) >= 11 is 0. The van der Waals surface area contributed by atoms with Gasteiger partial charge in [0.1, 0.15) is 48.4 Å².